The van der Waals surface area contributed by atoms with Crippen molar-refractivity contribution in [3.8, 4) is 5.75 Å². The van der Waals surface area contributed by atoms with Gasteiger partial charge in [-0.3, -0.25) is 0 Å². The van der Waals surface area contributed by atoms with Crippen molar-refractivity contribution in [1.29, 1.82) is 0 Å². The van der Waals surface area contributed by atoms with Gasteiger partial charge in [0.05, 0.1) is 5.56 Å². The van der Waals surface area contributed by atoms with Gasteiger partial charge in [-0.2, -0.15) is 0 Å². The van der Waals surface area contributed by atoms with Gasteiger partial charge < -0.3 is 5.11 Å². The Bertz CT molecular complexity index is 493. The summed E-state index contributed by atoms with van der Waals surface area (Å²) in [6.45, 7) is 0. The molecule has 0 fully saturated rings. The Morgan fingerprint density at radius 3 is 2.47 bits per heavy atom. The zero-order valence-electron chi connectivity index (χ0n) is 6.79. The Hall–Kier alpha value is -0.220. The molecule has 15 heavy (non-hydrogen) atoms. The summed E-state index contributed by atoms with van der Waals surface area (Å²) in [5.41, 5.74) is -0.914. The second-order valence-corrected chi connectivity index (χ2v) is 5.95. The highest BCUT2D eigenvalue weighted by Crippen LogP contribution is 2.36. The van der Waals surface area contributed by atoms with E-state index in [0.717, 1.165) is 0 Å². The molecular weight excluding hydrogens is 366 g/mol. The minimum Gasteiger partial charge on any atom is -0.504 e. The monoisotopic (exact) mass is 369 g/mol. The first-order chi connectivity index (χ1) is 6.75. The Morgan fingerprint density at radius 1 is 1.53 bits per heavy atom. The third-order valence-electron chi connectivity index (χ3n) is 1.47. The van der Waals surface area contributed by atoms with Crippen molar-refractivity contribution in [1.82, 2.24) is 4.98 Å². The zero-order valence-corrected chi connectivity index (χ0v) is 10.5. The highest BCUT2D eigenvalue weighted by molar-refractivity contribution is 14.1. The lowest BCUT2D eigenvalue weighted by Gasteiger charge is -2.08. The van der Waals surface area contributed by atoms with E-state index >= 15 is 0 Å². The van der Waals surface area contributed by atoms with Crippen LogP contribution in [0.25, 0.3) is 0 Å². The van der Waals surface area contributed by atoms with Gasteiger partial charge >= 0.3 is 0 Å². The molecule has 1 aromatic heterocycles. The van der Waals surface area contributed by atoms with Gasteiger partial charge in [0.2, 0.25) is 0 Å². The van der Waals surface area contributed by atoms with Gasteiger partial charge in [-0.15, -0.1) is 0 Å². The van der Waals surface area contributed by atoms with E-state index in [1.54, 1.807) is 0 Å². The van der Waals surface area contributed by atoms with Gasteiger partial charge in [0.25, 0.3) is 15.5 Å². The number of aromatic hydroxyl groups is 1. The fourth-order valence-corrected chi connectivity index (χ4v) is 2.72. The number of hydrogen-bond donors (Lipinski definition) is 1. The van der Waals surface area contributed by atoms with Crippen molar-refractivity contribution < 1.29 is 22.3 Å². The number of nitrogens with zero attached hydrogens (tertiary/aromatic N) is 1. The smallest absolute Gasteiger partial charge is 0.266 e. The fraction of sp³-hybridized carbons (Fsp3) is 0.167. The topological polar surface area (TPSA) is 67.3 Å². The summed E-state index contributed by atoms with van der Waals surface area (Å²) in [5.74, 6) is -0.858. The Labute approximate surface area is 102 Å². The second-order valence-electron chi connectivity index (χ2n) is 2.42. The maximum atomic E-state index is 12.4. The van der Waals surface area contributed by atoms with Crippen LogP contribution in [0.1, 0.15) is 12.0 Å². The molecule has 0 saturated carbocycles. The summed E-state index contributed by atoms with van der Waals surface area (Å²) in [7, 11) is 0.499. The van der Waals surface area contributed by atoms with Crippen LogP contribution in [0.15, 0.2) is 11.1 Å². The van der Waals surface area contributed by atoms with Gasteiger partial charge in [0.1, 0.15) is 8.60 Å². The Kier molecular flexibility index (Phi) is 3.71. The molecule has 0 amide bonds. The third-order valence-corrected chi connectivity index (χ3v) is 3.64. The highest BCUT2D eigenvalue weighted by atomic mass is 127. The average Bonchev–Trinajstić information content (AvgIpc) is 2.06. The third kappa shape index (κ3) is 2.67. The van der Waals surface area contributed by atoms with Crippen molar-refractivity contribution in [3.63, 3.8) is 0 Å². The van der Waals surface area contributed by atoms with E-state index in [1.165, 1.54) is 22.6 Å². The number of alkyl halides is 2. The normalized spacial score (nSPS) is 12.1. The summed E-state index contributed by atoms with van der Waals surface area (Å²) in [6.07, 6.45) is -2.41. The van der Waals surface area contributed by atoms with E-state index in [4.69, 9.17) is 10.7 Å². The number of rotatable bonds is 2. The van der Waals surface area contributed by atoms with Gasteiger partial charge in [-0.25, -0.2) is 22.2 Å². The lowest BCUT2D eigenvalue weighted by atomic mass is 10.3. The van der Waals surface area contributed by atoms with Crippen LogP contribution in [-0.4, -0.2) is 18.5 Å². The van der Waals surface area contributed by atoms with E-state index in [9.17, 15) is 22.3 Å². The van der Waals surface area contributed by atoms with E-state index < -0.39 is 31.7 Å². The summed E-state index contributed by atoms with van der Waals surface area (Å²) in [6, 6.07) is 0. The quantitative estimate of drug-likeness (QED) is 0.493. The molecule has 0 spiro atoms. The van der Waals surface area contributed by atoms with Crippen molar-refractivity contribution in [2.45, 2.75) is 11.3 Å². The predicted molar refractivity (Wildman–Crippen MR) is 56.6 cm³/mol. The van der Waals surface area contributed by atoms with Gasteiger partial charge in [-0.1, -0.05) is 0 Å². The molecule has 0 unspecified atom stereocenters. The molecule has 0 atom stereocenters. The number of pyridine rings is 1. The van der Waals surface area contributed by atoms with Crippen LogP contribution >= 0.6 is 33.3 Å². The molecule has 0 aliphatic rings. The molecule has 0 radical (unpaired) electrons. The summed E-state index contributed by atoms with van der Waals surface area (Å²) in [5, 5.41) is 9.30. The average molecular weight is 370 g/mol. The predicted octanol–water partition coefficient (Wildman–Crippen LogP) is 2.26. The minimum absolute atomic E-state index is 0.115. The molecule has 9 heteroatoms. The molecule has 0 aliphatic heterocycles. The summed E-state index contributed by atoms with van der Waals surface area (Å²) >= 11 is 1.50. The summed E-state index contributed by atoms with van der Waals surface area (Å²) in [4.78, 5) is 2.42. The molecule has 0 saturated heterocycles. The molecule has 4 nitrogen and oxygen atoms in total. The lowest BCUT2D eigenvalue weighted by molar-refractivity contribution is 0.146. The molecule has 1 aromatic rings. The molecule has 1 rings (SSSR count). The van der Waals surface area contributed by atoms with E-state index in [2.05, 4.69) is 4.98 Å². The second kappa shape index (κ2) is 4.34. The van der Waals surface area contributed by atoms with Crippen LogP contribution in [0.3, 0.4) is 0 Å². The van der Waals surface area contributed by atoms with Crippen LogP contribution in [0.5, 0.6) is 5.75 Å². The first-order valence-corrected chi connectivity index (χ1v) is 6.74. The molecule has 1 N–H and O–H groups in total. The molecular formula is C6H3ClF2INO3S. The van der Waals surface area contributed by atoms with E-state index in [0.29, 0.717) is 6.20 Å². The zero-order chi connectivity index (χ0) is 11.8. The molecule has 1 heterocycles. The van der Waals surface area contributed by atoms with Crippen LogP contribution in [-0.2, 0) is 9.05 Å². The van der Waals surface area contributed by atoms with Crippen molar-refractivity contribution in [2.24, 2.45) is 0 Å². The lowest BCUT2D eigenvalue weighted by Crippen LogP contribution is -2.02. The first-order valence-electron chi connectivity index (χ1n) is 3.35. The largest absolute Gasteiger partial charge is 0.504 e. The van der Waals surface area contributed by atoms with Crippen LogP contribution in [0.2, 0.25) is 0 Å². The van der Waals surface area contributed by atoms with Gasteiger partial charge in [0, 0.05) is 16.9 Å². The van der Waals surface area contributed by atoms with E-state index in [1.807, 2.05) is 0 Å². The van der Waals surface area contributed by atoms with Crippen LogP contribution in [0.4, 0.5) is 8.78 Å². The maximum absolute atomic E-state index is 12.4. The van der Waals surface area contributed by atoms with Crippen LogP contribution in [0, 0.1) is 3.70 Å². The molecule has 0 aromatic carbocycles. The first kappa shape index (κ1) is 12.8. The fourth-order valence-electron chi connectivity index (χ4n) is 0.888. The molecule has 0 bridgehead atoms. The summed E-state index contributed by atoms with van der Waals surface area (Å²) < 4.78 is 46.6. The number of halogens is 4. The SMILES string of the molecule is O=S(=O)(Cl)c1c(C(F)F)cnc(I)c1O. The Morgan fingerprint density at radius 2 is 2.07 bits per heavy atom. The van der Waals surface area contributed by atoms with Crippen molar-refractivity contribution >= 4 is 42.3 Å². The Balaban J connectivity index is 3.65. The molecule has 84 valence electrons. The van der Waals surface area contributed by atoms with E-state index in [-0.39, 0.29) is 3.70 Å². The van der Waals surface area contributed by atoms with Crippen LogP contribution < -0.4 is 0 Å². The minimum atomic E-state index is -4.43. The molecule has 0 aliphatic carbocycles. The van der Waals surface area contributed by atoms with Crippen molar-refractivity contribution in [2.75, 3.05) is 0 Å². The standard InChI is InChI=1S/C6H3ClF2INO3S/c7-15(13,14)4-2(5(8)9)1-11-6(10)3(4)12/h1,5,12H. The van der Waals surface area contributed by atoms with Crippen molar-refractivity contribution in [3.05, 3.63) is 15.5 Å². The highest BCUT2D eigenvalue weighted by Gasteiger charge is 2.27. The van der Waals surface area contributed by atoms with Gasteiger partial charge in [-0.05, 0) is 22.6 Å². The number of hydrogen-bond acceptors (Lipinski definition) is 4. The maximum Gasteiger partial charge on any atom is 0.266 e. The van der Waals surface area contributed by atoms with Gasteiger partial charge in [0.15, 0.2) is 5.75 Å². The number of aromatic nitrogens is 1.